The fourth-order valence-electron chi connectivity index (χ4n) is 2.05. The van der Waals surface area contributed by atoms with Crippen molar-refractivity contribution >= 4 is 15.8 Å². The van der Waals surface area contributed by atoms with Gasteiger partial charge in [0.15, 0.2) is 0 Å². The van der Waals surface area contributed by atoms with E-state index in [1.54, 1.807) is 18.8 Å². The van der Waals surface area contributed by atoms with Gasteiger partial charge in [-0.2, -0.15) is 5.10 Å². The Morgan fingerprint density at radius 2 is 1.88 bits per heavy atom. The van der Waals surface area contributed by atoms with Gasteiger partial charge in [-0.1, -0.05) is 13.8 Å². The van der Waals surface area contributed by atoms with Gasteiger partial charge in [-0.3, -0.25) is 8.99 Å². The molecule has 0 saturated carbocycles. The summed E-state index contributed by atoms with van der Waals surface area (Å²) in [4.78, 5) is 0. The van der Waals surface area contributed by atoms with E-state index in [0.717, 1.165) is 30.5 Å². The SMILES string of the molecule is CC.CN(c1c2c(nn1C)CCC2)S(C)(=O)=O. The second kappa shape index (κ2) is 5.08. The van der Waals surface area contributed by atoms with Crippen molar-refractivity contribution in [2.75, 3.05) is 17.6 Å². The Morgan fingerprint density at radius 3 is 2.41 bits per heavy atom. The molecule has 0 spiro atoms. The van der Waals surface area contributed by atoms with Crippen LogP contribution in [0.4, 0.5) is 5.82 Å². The topological polar surface area (TPSA) is 55.2 Å². The van der Waals surface area contributed by atoms with Gasteiger partial charge in [-0.15, -0.1) is 0 Å². The molecule has 1 aliphatic rings. The third-order valence-electron chi connectivity index (χ3n) is 2.83. The van der Waals surface area contributed by atoms with Crippen molar-refractivity contribution in [2.45, 2.75) is 33.1 Å². The minimum Gasteiger partial charge on any atom is -0.257 e. The van der Waals surface area contributed by atoms with Gasteiger partial charge in [0.1, 0.15) is 5.82 Å². The Hall–Kier alpha value is -1.04. The van der Waals surface area contributed by atoms with Crippen molar-refractivity contribution in [1.82, 2.24) is 9.78 Å². The standard InChI is InChI=1S/C9H15N3O2S.C2H6/c1-11-9(12(2)15(3,13)14)7-5-4-6-8(7)10-11;1-2/h4-6H2,1-3H3;1-2H3. The second-order valence-corrected chi connectivity index (χ2v) is 5.97. The predicted molar refractivity (Wildman–Crippen MR) is 69.8 cm³/mol. The normalized spacial score (nSPS) is 13.9. The molecule has 0 aliphatic heterocycles. The minimum atomic E-state index is -3.20. The fraction of sp³-hybridized carbons (Fsp3) is 0.727. The lowest BCUT2D eigenvalue weighted by atomic mass is 10.2. The van der Waals surface area contributed by atoms with Crippen molar-refractivity contribution in [3.8, 4) is 0 Å². The number of hydrogen-bond donors (Lipinski definition) is 0. The summed E-state index contributed by atoms with van der Waals surface area (Å²) >= 11 is 0. The molecule has 2 rings (SSSR count). The Bertz CT molecular complexity index is 491. The highest BCUT2D eigenvalue weighted by atomic mass is 32.2. The van der Waals surface area contributed by atoms with Gasteiger partial charge in [0.25, 0.3) is 0 Å². The van der Waals surface area contributed by atoms with E-state index in [-0.39, 0.29) is 0 Å². The zero-order valence-corrected chi connectivity index (χ0v) is 12.0. The van der Waals surface area contributed by atoms with Gasteiger partial charge >= 0.3 is 0 Å². The molecule has 0 amide bonds. The lowest BCUT2D eigenvalue weighted by molar-refractivity contribution is 0.597. The van der Waals surface area contributed by atoms with Gasteiger partial charge in [0.05, 0.1) is 11.9 Å². The van der Waals surface area contributed by atoms with Crippen LogP contribution < -0.4 is 4.31 Å². The summed E-state index contributed by atoms with van der Waals surface area (Å²) in [7, 11) is 0.164. The van der Waals surface area contributed by atoms with Crippen LogP contribution in [0, 0.1) is 0 Å². The van der Waals surface area contributed by atoms with Crippen LogP contribution in [-0.2, 0) is 29.9 Å². The number of nitrogens with zero attached hydrogens (tertiary/aromatic N) is 3. The van der Waals surface area contributed by atoms with E-state index in [4.69, 9.17) is 0 Å². The summed E-state index contributed by atoms with van der Waals surface area (Å²) in [5, 5.41) is 4.34. The summed E-state index contributed by atoms with van der Waals surface area (Å²) in [6, 6.07) is 0. The third-order valence-corrected chi connectivity index (χ3v) is 4.00. The summed E-state index contributed by atoms with van der Waals surface area (Å²) < 4.78 is 25.9. The van der Waals surface area contributed by atoms with Crippen molar-refractivity contribution < 1.29 is 8.42 Å². The lowest BCUT2D eigenvalue weighted by Gasteiger charge is -2.17. The highest BCUT2D eigenvalue weighted by Gasteiger charge is 2.26. The maximum absolute atomic E-state index is 11.5. The highest BCUT2D eigenvalue weighted by molar-refractivity contribution is 7.92. The number of hydrogen-bond acceptors (Lipinski definition) is 3. The Labute approximate surface area is 103 Å². The molecule has 0 unspecified atom stereocenters. The maximum atomic E-state index is 11.5. The van der Waals surface area contributed by atoms with Crippen molar-refractivity contribution in [2.24, 2.45) is 7.05 Å². The fourth-order valence-corrected chi connectivity index (χ4v) is 2.60. The van der Waals surface area contributed by atoms with E-state index in [9.17, 15) is 8.42 Å². The van der Waals surface area contributed by atoms with Gasteiger partial charge in [-0.05, 0) is 19.3 Å². The third kappa shape index (κ3) is 2.62. The second-order valence-electron chi connectivity index (χ2n) is 3.96. The number of sulfonamides is 1. The molecule has 0 fully saturated rings. The largest absolute Gasteiger partial charge is 0.257 e. The zero-order valence-electron chi connectivity index (χ0n) is 11.2. The molecular formula is C11H21N3O2S. The van der Waals surface area contributed by atoms with Crippen molar-refractivity contribution in [1.29, 1.82) is 0 Å². The first kappa shape index (κ1) is 14.0. The number of fused-ring (bicyclic) bond motifs is 1. The number of anilines is 1. The molecule has 1 aliphatic carbocycles. The van der Waals surface area contributed by atoms with Gasteiger partial charge in [0, 0.05) is 19.7 Å². The molecule has 1 aromatic rings. The van der Waals surface area contributed by atoms with Gasteiger partial charge in [-0.25, -0.2) is 8.42 Å². The van der Waals surface area contributed by atoms with Gasteiger partial charge < -0.3 is 0 Å². The van der Waals surface area contributed by atoms with E-state index in [1.165, 1.54) is 10.6 Å². The number of rotatable bonds is 2. The first-order chi connectivity index (χ1) is 7.91. The molecule has 6 heteroatoms. The van der Waals surface area contributed by atoms with Crippen LogP contribution in [0.5, 0.6) is 0 Å². The van der Waals surface area contributed by atoms with E-state index >= 15 is 0 Å². The minimum absolute atomic E-state index is 0.713. The van der Waals surface area contributed by atoms with Crippen molar-refractivity contribution in [3.05, 3.63) is 11.3 Å². The molecule has 0 aromatic carbocycles. The van der Waals surface area contributed by atoms with Crippen LogP contribution in [0.1, 0.15) is 31.5 Å². The molecule has 1 aromatic heterocycles. The van der Waals surface area contributed by atoms with E-state index < -0.39 is 10.0 Å². The van der Waals surface area contributed by atoms with Crippen LogP contribution in [0.3, 0.4) is 0 Å². The average Bonchev–Trinajstić information content (AvgIpc) is 2.78. The quantitative estimate of drug-likeness (QED) is 0.805. The van der Waals surface area contributed by atoms with Crippen LogP contribution in [0.15, 0.2) is 0 Å². The average molecular weight is 259 g/mol. The Morgan fingerprint density at radius 1 is 1.29 bits per heavy atom. The first-order valence-corrected chi connectivity index (χ1v) is 7.74. The monoisotopic (exact) mass is 259 g/mol. The van der Waals surface area contributed by atoms with E-state index in [1.807, 2.05) is 13.8 Å². The molecule has 17 heavy (non-hydrogen) atoms. The van der Waals surface area contributed by atoms with Crippen LogP contribution in [-0.4, -0.2) is 31.5 Å². The summed E-state index contributed by atoms with van der Waals surface area (Å²) in [6.07, 6.45) is 4.17. The summed E-state index contributed by atoms with van der Waals surface area (Å²) in [5.74, 6) is 0.713. The maximum Gasteiger partial charge on any atom is 0.233 e. The Kier molecular flexibility index (Phi) is 4.19. The smallest absolute Gasteiger partial charge is 0.233 e. The van der Waals surface area contributed by atoms with E-state index in [2.05, 4.69) is 5.10 Å². The molecule has 0 bridgehead atoms. The Balaban J connectivity index is 0.000000686. The zero-order chi connectivity index (χ0) is 13.2. The molecule has 0 saturated heterocycles. The molecule has 0 N–H and O–H groups in total. The van der Waals surface area contributed by atoms with Crippen LogP contribution >= 0.6 is 0 Å². The van der Waals surface area contributed by atoms with Crippen LogP contribution in [0.2, 0.25) is 0 Å². The summed E-state index contributed by atoms with van der Waals surface area (Å²) in [6.45, 7) is 4.00. The molecule has 0 atom stereocenters. The predicted octanol–water partition coefficient (Wildman–Crippen LogP) is 1.33. The lowest BCUT2D eigenvalue weighted by Crippen LogP contribution is -2.27. The highest BCUT2D eigenvalue weighted by Crippen LogP contribution is 2.30. The van der Waals surface area contributed by atoms with E-state index in [0.29, 0.717) is 5.82 Å². The molecular weight excluding hydrogens is 238 g/mol. The summed E-state index contributed by atoms with van der Waals surface area (Å²) in [5.41, 5.74) is 2.13. The first-order valence-electron chi connectivity index (χ1n) is 5.90. The van der Waals surface area contributed by atoms with Crippen molar-refractivity contribution in [3.63, 3.8) is 0 Å². The number of aryl methyl sites for hydroxylation is 2. The molecule has 98 valence electrons. The van der Waals surface area contributed by atoms with Gasteiger partial charge in [0.2, 0.25) is 10.0 Å². The molecule has 5 nitrogen and oxygen atoms in total. The molecule has 0 radical (unpaired) electrons. The van der Waals surface area contributed by atoms with Crippen LogP contribution in [0.25, 0.3) is 0 Å². The molecule has 1 heterocycles. The number of aromatic nitrogens is 2.